The number of aromatic nitrogens is 1. The molecule has 1 aliphatic carbocycles. The Labute approximate surface area is 97.2 Å². The van der Waals surface area contributed by atoms with E-state index in [1.165, 1.54) is 25.7 Å². The number of nitrogens with zero attached hydrogens (tertiary/aromatic N) is 1. The summed E-state index contributed by atoms with van der Waals surface area (Å²) >= 11 is 0. The smallest absolute Gasteiger partial charge is 0.213 e. The molecule has 1 fully saturated rings. The Balaban J connectivity index is 1.92. The van der Waals surface area contributed by atoms with Gasteiger partial charge in [0.25, 0.3) is 0 Å². The molecular weight excluding hydrogens is 200 g/mol. The minimum atomic E-state index is 0.391. The number of hydrogen-bond acceptors (Lipinski definition) is 3. The van der Waals surface area contributed by atoms with Crippen molar-refractivity contribution in [2.75, 3.05) is 6.54 Å². The summed E-state index contributed by atoms with van der Waals surface area (Å²) in [5.74, 6) is 0.780. The maximum Gasteiger partial charge on any atom is 0.213 e. The van der Waals surface area contributed by atoms with Crippen molar-refractivity contribution in [3.05, 3.63) is 23.9 Å². The van der Waals surface area contributed by atoms with Gasteiger partial charge in [-0.1, -0.05) is 13.0 Å². The first-order chi connectivity index (χ1) is 7.88. The van der Waals surface area contributed by atoms with Crippen molar-refractivity contribution in [2.45, 2.75) is 45.3 Å². The van der Waals surface area contributed by atoms with E-state index in [9.17, 15) is 0 Å². The molecule has 1 aromatic heterocycles. The zero-order valence-electron chi connectivity index (χ0n) is 9.91. The molecule has 0 radical (unpaired) electrons. The first-order valence-electron chi connectivity index (χ1n) is 6.22. The zero-order chi connectivity index (χ0) is 11.2. The lowest BCUT2D eigenvalue weighted by Crippen LogP contribution is -2.15. The van der Waals surface area contributed by atoms with Gasteiger partial charge in [0.05, 0.1) is 5.69 Å². The monoisotopic (exact) mass is 220 g/mol. The van der Waals surface area contributed by atoms with Gasteiger partial charge in [0, 0.05) is 12.6 Å². The summed E-state index contributed by atoms with van der Waals surface area (Å²) in [6, 6.07) is 6.00. The second kappa shape index (κ2) is 5.85. The highest BCUT2D eigenvalue weighted by Gasteiger charge is 2.16. The lowest BCUT2D eigenvalue weighted by Gasteiger charge is -2.12. The molecule has 3 heteroatoms. The number of pyridine rings is 1. The predicted octanol–water partition coefficient (Wildman–Crippen LogP) is 2.51. The molecule has 0 unspecified atom stereocenters. The molecule has 1 N–H and O–H groups in total. The Morgan fingerprint density at radius 1 is 1.38 bits per heavy atom. The van der Waals surface area contributed by atoms with Crippen LogP contribution in [-0.2, 0) is 6.54 Å². The molecule has 0 amide bonds. The maximum absolute atomic E-state index is 5.86. The molecule has 0 spiro atoms. The van der Waals surface area contributed by atoms with Crippen LogP contribution < -0.4 is 10.1 Å². The van der Waals surface area contributed by atoms with Gasteiger partial charge < -0.3 is 10.1 Å². The third kappa shape index (κ3) is 3.20. The summed E-state index contributed by atoms with van der Waals surface area (Å²) in [6.45, 7) is 3.88. The molecule has 0 saturated heterocycles. The molecule has 1 saturated carbocycles. The summed E-state index contributed by atoms with van der Waals surface area (Å²) in [5, 5.41) is 3.27. The molecule has 0 bridgehead atoms. The van der Waals surface area contributed by atoms with E-state index in [0.717, 1.165) is 24.7 Å². The Morgan fingerprint density at radius 3 is 2.94 bits per heavy atom. The molecule has 0 aromatic carbocycles. The lowest BCUT2D eigenvalue weighted by molar-refractivity contribution is 0.201. The van der Waals surface area contributed by atoms with Gasteiger partial charge in [-0.25, -0.2) is 4.98 Å². The average Bonchev–Trinajstić information content (AvgIpc) is 2.80. The minimum absolute atomic E-state index is 0.391. The molecule has 0 atom stereocenters. The van der Waals surface area contributed by atoms with E-state index in [1.54, 1.807) is 0 Å². The van der Waals surface area contributed by atoms with E-state index in [0.29, 0.717) is 6.10 Å². The van der Waals surface area contributed by atoms with Gasteiger partial charge in [-0.3, -0.25) is 0 Å². The summed E-state index contributed by atoms with van der Waals surface area (Å²) in [4.78, 5) is 4.49. The van der Waals surface area contributed by atoms with Gasteiger partial charge in [0.15, 0.2) is 0 Å². The van der Waals surface area contributed by atoms with Crippen LogP contribution in [0.3, 0.4) is 0 Å². The Kier molecular flexibility index (Phi) is 4.17. The van der Waals surface area contributed by atoms with Crippen molar-refractivity contribution in [1.29, 1.82) is 0 Å². The highest BCUT2D eigenvalue weighted by molar-refractivity contribution is 5.16. The predicted molar refractivity (Wildman–Crippen MR) is 64.5 cm³/mol. The van der Waals surface area contributed by atoms with E-state index in [1.807, 2.05) is 18.2 Å². The van der Waals surface area contributed by atoms with Gasteiger partial charge in [0.2, 0.25) is 5.88 Å². The highest BCUT2D eigenvalue weighted by Crippen LogP contribution is 2.22. The summed E-state index contributed by atoms with van der Waals surface area (Å²) in [5.41, 5.74) is 1.05. The second-order valence-electron chi connectivity index (χ2n) is 4.27. The fourth-order valence-electron chi connectivity index (χ4n) is 2.05. The van der Waals surface area contributed by atoms with Gasteiger partial charge in [0.1, 0.15) is 6.10 Å². The fraction of sp³-hybridized carbons (Fsp3) is 0.615. The largest absolute Gasteiger partial charge is 0.474 e. The third-order valence-electron chi connectivity index (χ3n) is 2.93. The highest BCUT2D eigenvalue weighted by atomic mass is 16.5. The van der Waals surface area contributed by atoms with Crippen LogP contribution in [0.15, 0.2) is 18.2 Å². The number of nitrogens with one attached hydrogen (secondary N) is 1. The standard InChI is InChI=1S/C13H20N2O/c1-2-14-10-11-6-5-9-13(15-11)16-12-7-3-4-8-12/h5-6,9,12,14H,2-4,7-8,10H2,1H3. The molecule has 2 rings (SSSR count). The summed E-state index contributed by atoms with van der Waals surface area (Å²) in [7, 11) is 0. The van der Waals surface area contributed by atoms with E-state index >= 15 is 0 Å². The molecule has 1 aromatic rings. The van der Waals surface area contributed by atoms with E-state index in [4.69, 9.17) is 4.74 Å². The molecule has 88 valence electrons. The van der Waals surface area contributed by atoms with Crippen molar-refractivity contribution in [1.82, 2.24) is 10.3 Å². The van der Waals surface area contributed by atoms with Crippen molar-refractivity contribution < 1.29 is 4.74 Å². The van der Waals surface area contributed by atoms with Crippen LogP contribution in [0.4, 0.5) is 0 Å². The van der Waals surface area contributed by atoms with Gasteiger partial charge in [-0.05, 0) is 38.3 Å². The van der Waals surface area contributed by atoms with Crippen molar-refractivity contribution >= 4 is 0 Å². The topological polar surface area (TPSA) is 34.1 Å². The zero-order valence-corrected chi connectivity index (χ0v) is 9.91. The van der Waals surface area contributed by atoms with E-state index in [-0.39, 0.29) is 0 Å². The van der Waals surface area contributed by atoms with Crippen LogP contribution >= 0.6 is 0 Å². The summed E-state index contributed by atoms with van der Waals surface area (Å²) in [6.07, 6.45) is 5.34. The molecule has 1 heterocycles. The van der Waals surface area contributed by atoms with E-state index < -0.39 is 0 Å². The first kappa shape index (κ1) is 11.4. The van der Waals surface area contributed by atoms with Crippen LogP contribution in [0.2, 0.25) is 0 Å². The Hall–Kier alpha value is -1.09. The average molecular weight is 220 g/mol. The number of ether oxygens (including phenoxy) is 1. The Morgan fingerprint density at radius 2 is 2.19 bits per heavy atom. The molecule has 0 aliphatic heterocycles. The van der Waals surface area contributed by atoms with Crippen LogP contribution in [0.5, 0.6) is 5.88 Å². The number of rotatable bonds is 5. The molecular formula is C13H20N2O. The van der Waals surface area contributed by atoms with Crippen molar-refractivity contribution in [2.24, 2.45) is 0 Å². The van der Waals surface area contributed by atoms with Crippen LogP contribution in [0, 0.1) is 0 Å². The molecule has 3 nitrogen and oxygen atoms in total. The third-order valence-corrected chi connectivity index (χ3v) is 2.93. The normalized spacial score (nSPS) is 16.6. The fourth-order valence-corrected chi connectivity index (χ4v) is 2.05. The molecule has 1 aliphatic rings. The lowest BCUT2D eigenvalue weighted by atomic mass is 10.3. The van der Waals surface area contributed by atoms with E-state index in [2.05, 4.69) is 17.2 Å². The second-order valence-corrected chi connectivity index (χ2v) is 4.27. The van der Waals surface area contributed by atoms with Gasteiger partial charge in [-0.15, -0.1) is 0 Å². The maximum atomic E-state index is 5.86. The SMILES string of the molecule is CCNCc1cccc(OC2CCCC2)n1. The van der Waals surface area contributed by atoms with Gasteiger partial charge in [-0.2, -0.15) is 0 Å². The van der Waals surface area contributed by atoms with Crippen molar-refractivity contribution in [3.63, 3.8) is 0 Å². The minimum Gasteiger partial charge on any atom is -0.474 e. The Bertz CT molecular complexity index is 321. The van der Waals surface area contributed by atoms with Crippen LogP contribution in [-0.4, -0.2) is 17.6 Å². The van der Waals surface area contributed by atoms with Gasteiger partial charge >= 0.3 is 0 Å². The molecule has 16 heavy (non-hydrogen) atoms. The number of hydrogen-bond donors (Lipinski definition) is 1. The summed E-state index contributed by atoms with van der Waals surface area (Å²) < 4.78 is 5.86. The van der Waals surface area contributed by atoms with Crippen LogP contribution in [0.1, 0.15) is 38.3 Å². The van der Waals surface area contributed by atoms with Crippen LogP contribution in [0.25, 0.3) is 0 Å². The first-order valence-corrected chi connectivity index (χ1v) is 6.22. The quantitative estimate of drug-likeness (QED) is 0.828. The van der Waals surface area contributed by atoms with Crippen molar-refractivity contribution in [3.8, 4) is 5.88 Å².